The summed E-state index contributed by atoms with van der Waals surface area (Å²) in [7, 11) is 3.88. The van der Waals surface area contributed by atoms with Gasteiger partial charge < -0.3 is 14.9 Å². The Hall–Kier alpha value is -2.64. The Morgan fingerprint density at radius 1 is 1.38 bits per heavy atom. The maximum Gasteiger partial charge on any atom is 0.267 e. The summed E-state index contributed by atoms with van der Waals surface area (Å²) in [5.74, 6) is 0.719. The van der Waals surface area contributed by atoms with Crippen LogP contribution < -0.4 is 10.5 Å². The first-order valence-electron chi connectivity index (χ1n) is 9.05. The number of likely N-dealkylation sites (tertiary alicyclic amines) is 1. The monoisotopic (exact) mass is 356 g/mol. The summed E-state index contributed by atoms with van der Waals surface area (Å²) in [6.45, 7) is 1.41. The number of hydrogen-bond acceptors (Lipinski definition) is 5. The van der Waals surface area contributed by atoms with E-state index in [4.69, 9.17) is 4.98 Å². The normalized spacial score (nSPS) is 21.8. The maximum atomic E-state index is 12.8. The molecule has 1 aliphatic heterocycles. The third-order valence-electron chi connectivity index (χ3n) is 5.62. The molecule has 4 rings (SSSR count). The van der Waals surface area contributed by atoms with Gasteiger partial charge in [-0.15, -0.1) is 0 Å². The van der Waals surface area contributed by atoms with Crippen molar-refractivity contribution in [3.05, 3.63) is 39.6 Å². The molecule has 0 aromatic carbocycles. The Morgan fingerprint density at radius 3 is 2.96 bits per heavy atom. The Bertz CT molecular complexity index is 882. The standard InChI is InChI=1S/C18H24N6O2/c1-23(2)17-19-9-12-4-6-18(15(12)21-17)5-3-7-24(11-18)14(25)8-13-10-20-22-16(13)26/h9-10H,3-8,11H2,1-2H3,(H2,20,22,26). The lowest BCUT2D eigenvalue weighted by molar-refractivity contribution is -0.132. The topological polar surface area (TPSA) is 98.0 Å². The first-order chi connectivity index (χ1) is 12.5. The Kier molecular flexibility index (Phi) is 4.05. The molecule has 0 saturated carbocycles. The summed E-state index contributed by atoms with van der Waals surface area (Å²) in [6, 6.07) is 0. The van der Waals surface area contributed by atoms with E-state index in [1.54, 1.807) is 6.20 Å². The van der Waals surface area contributed by atoms with E-state index in [2.05, 4.69) is 15.2 Å². The largest absolute Gasteiger partial charge is 0.347 e. The summed E-state index contributed by atoms with van der Waals surface area (Å²) in [4.78, 5) is 37.5. The Morgan fingerprint density at radius 2 is 2.23 bits per heavy atom. The first-order valence-corrected chi connectivity index (χ1v) is 9.05. The number of fused-ring (bicyclic) bond motifs is 2. The van der Waals surface area contributed by atoms with Crippen LogP contribution in [0.3, 0.4) is 0 Å². The predicted molar refractivity (Wildman–Crippen MR) is 97.3 cm³/mol. The van der Waals surface area contributed by atoms with Gasteiger partial charge in [0, 0.05) is 50.6 Å². The van der Waals surface area contributed by atoms with E-state index < -0.39 is 0 Å². The summed E-state index contributed by atoms with van der Waals surface area (Å²) in [5.41, 5.74) is 2.49. The van der Waals surface area contributed by atoms with Crippen LogP contribution in [-0.4, -0.2) is 58.2 Å². The number of carbonyl (C=O) groups is 1. The van der Waals surface area contributed by atoms with Crippen molar-refractivity contribution in [1.29, 1.82) is 0 Å². The van der Waals surface area contributed by atoms with Gasteiger partial charge in [-0.05, 0) is 31.2 Å². The molecule has 8 nitrogen and oxygen atoms in total. The number of nitrogens with zero attached hydrogens (tertiary/aromatic N) is 4. The Labute approximate surface area is 151 Å². The lowest BCUT2D eigenvalue weighted by Crippen LogP contribution is -2.48. The number of hydrogen-bond donors (Lipinski definition) is 2. The molecule has 2 aliphatic rings. The van der Waals surface area contributed by atoms with Crippen molar-refractivity contribution in [2.24, 2.45) is 0 Å². The van der Waals surface area contributed by atoms with Crippen LogP contribution in [0, 0.1) is 0 Å². The molecule has 26 heavy (non-hydrogen) atoms. The number of aromatic amines is 2. The zero-order valence-corrected chi connectivity index (χ0v) is 15.2. The highest BCUT2D eigenvalue weighted by Crippen LogP contribution is 2.44. The molecular formula is C18H24N6O2. The van der Waals surface area contributed by atoms with Gasteiger partial charge in [-0.2, -0.15) is 0 Å². The quantitative estimate of drug-likeness (QED) is 0.840. The average Bonchev–Trinajstić information content (AvgIpc) is 3.19. The van der Waals surface area contributed by atoms with E-state index >= 15 is 0 Å². The van der Waals surface area contributed by atoms with Gasteiger partial charge in [0.2, 0.25) is 11.9 Å². The molecule has 1 unspecified atom stereocenters. The molecular weight excluding hydrogens is 332 g/mol. The lowest BCUT2D eigenvalue weighted by atomic mass is 9.77. The van der Waals surface area contributed by atoms with Crippen molar-refractivity contribution in [3.63, 3.8) is 0 Å². The van der Waals surface area contributed by atoms with E-state index in [0.717, 1.165) is 37.9 Å². The fourth-order valence-electron chi connectivity index (χ4n) is 4.23. The molecule has 0 radical (unpaired) electrons. The van der Waals surface area contributed by atoms with Crippen LogP contribution in [0.5, 0.6) is 0 Å². The highest BCUT2D eigenvalue weighted by molar-refractivity contribution is 5.79. The number of carbonyl (C=O) groups excluding carboxylic acids is 1. The van der Waals surface area contributed by atoms with E-state index in [0.29, 0.717) is 18.1 Å². The lowest BCUT2D eigenvalue weighted by Gasteiger charge is -2.40. The zero-order valence-electron chi connectivity index (χ0n) is 15.2. The molecule has 2 aromatic rings. The van der Waals surface area contributed by atoms with Gasteiger partial charge in [0.25, 0.3) is 5.56 Å². The first kappa shape index (κ1) is 16.8. The van der Waals surface area contributed by atoms with Gasteiger partial charge in [0.05, 0.1) is 12.1 Å². The number of amides is 1. The molecule has 2 N–H and O–H groups in total. The average molecular weight is 356 g/mol. The van der Waals surface area contributed by atoms with E-state index in [1.807, 2.05) is 30.1 Å². The number of H-pyrrole nitrogens is 2. The fraction of sp³-hybridized carbons (Fsp3) is 0.556. The van der Waals surface area contributed by atoms with Crippen LogP contribution in [0.4, 0.5) is 5.95 Å². The van der Waals surface area contributed by atoms with Crippen LogP contribution >= 0.6 is 0 Å². The van der Waals surface area contributed by atoms with Crippen LogP contribution in [-0.2, 0) is 23.1 Å². The Balaban J connectivity index is 1.58. The number of anilines is 1. The minimum Gasteiger partial charge on any atom is -0.347 e. The summed E-state index contributed by atoms with van der Waals surface area (Å²) in [5, 5.41) is 5.14. The second-order valence-electron chi connectivity index (χ2n) is 7.58. The molecule has 1 aliphatic carbocycles. The van der Waals surface area contributed by atoms with Crippen LogP contribution in [0.25, 0.3) is 0 Å². The van der Waals surface area contributed by atoms with Crippen molar-refractivity contribution in [2.45, 2.75) is 37.5 Å². The molecule has 2 aromatic heterocycles. The van der Waals surface area contributed by atoms with Crippen molar-refractivity contribution < 1.29 is 4.79 Å². The SMILES string of the molecule is CN(C)c1ncc2c(n1)C1(CCCN(C(=O)Cc3c[nH][nH]c3=O)C1)CC2. The predicted octanol–water partition coefficient (Wildman–Crippen LogP) is 0.608. The van der Waals surface area contributed by atoms with Gasteiger partial charge in [0.15, 0.2) is 0 Å². The number of piperidine rings is 1. The van der Waals surface area contributed by atoms with Gasteiger partial charge in [-0.1, -0.05) is 0 Å². The summed E-state index contributed by atoms with van der Waals surface area (Å²) < 4.78 is 0. The summed E-state index contributed by atoms with van der Waals surface area (Å²) in [6.07, 6.45) is 7.60. The highest BCUT2D eigenvalue weighted by Gasteiger charge is 2.44. The third-order valence-corrected chi connectivity index (χ3v) is 5.62. The molecule has 3 heterocycles. The van der Waals surface area contributed by atoms with Crippen molar-refractivity contribution >= 4 is 11.9 Å². The number of nitrogens with one attached hydrogen (secondary N) is 2. The number of rotatable bonds is 3. The van der Waals surface area contributed by atoms with Crippen molar-refractivity contribution in [3.8, 4) is 0 Å². The minimum atomic E-state index is -0.223. The van der Waals surface area contributed by atoms with Crippen LogP contribution in [0.15, 0.2) is 17.2 Å². The molecule has 138 valence electrons. The zero-order chi connectivity index (χ0) is 18.3. The van der Waals surface area contributed by atoms with E-state index in [-0.39, 0.29) is 23.3 Å². The van der Waals surface area contributed by atoms with Gasteiger partial charge >= 0.3 is 0 Å². The maximum absolute atomic E-state index is 12.8. The highest BCUT2D eigenvalue weighted by atomic mass is 16.2. The smallest absolute Gasteiger partial charge is 0.267 e. The third kappa shape index (κ3) is 2.79. The molecule has 1 atom stereocenters. The molecule has 0 bridgehead atoms. The molecule has 1 amide bonds. The second-order valence-corrected chi connectivity index (χ2v) is 7.58. The van der Waals surface area contributed by atoms with Crippen LogP contribution in [0.1, 0.15) is 36.1 Å². The minimum absolute atomic E-state index is 0.00418. The van der Waals surface area contributed by atoms with E-state index in [9.17, 15) is 9.59 Å². The summed E-state index contributed by atoms with van der Waals surface area (Å²) >= 11 is 0. The van der Waals surface area contributed by atoms with Gasteiger partial charge in [-0.3, -0.25) is 14.7 Å². The van der Waals surface area contributed by atoms with Crippen molar-refractivity contribution in [1.82, 2.24) is 25.1 Å². The van der Waals surface area contributed by atoms with Gasteiger partial charge in [0.1, 0.15) is 0 Å². The van der Waals surface area contributed by atoms with Crippen molar-refractivity contribution in [2.75, 3.05) is 32.1 Å². The van der Waals surface area contributed by atoms with E-state index in [1.165, 1.54) is 5.56 Å². The molecule has 1 saturated heterocycles. The molecule has 8 heteroatoms. The number of aryl methyl sites for hydroxylation is 1. The fourth-order valence-corrected chi connectivity index (χ4v) is 4.23. The van der Waals surface area contributed by atoms with Crippen LogP contribution in [0.2, 0.25) is 0 Å². The number of aromatic nitrogens is 4. The van der Waals surface area contributed by atoms with Gasteiger partial charge in [-0.25, -0.2) is 9.97 Å². The second kappa shape index (κ2) is 6.26. The molecule has 1 spiro atoms. The molecule has 1 fully saturated rings.